The summed E-state index contributed by atoms with van der Waals surface area (Å²) in [4.78, 5) is 11.9. The molecule has 0 atom stereocenters. The van der Waals surface area contributed by atoms with E-state index in [-0.39, 0.29) is 24.0 Å². The molecule has 0 amide bonds. The van der Waals surface area contributed by atoms with Crippen LogP contribution in [0.15, 0.2) is 0 Å². The highest BCUT2D eigenvalue weighted by Gasteiger charge is 2.17. The Balaban J connectivity index is 3.54. The Morgan fingerprint density at radius 2 is 1.00 bits per heavy atom. The zero-order valence-electron chi connectivity index (χ0n) is 16.7. The van der Waals surface area contributed by atoms with Crippen molar-refractivity contribution in [1.82, 2.24) is 0 Å². The molecule has 3 nitrogen and oxygen atoms in total. The lowest BCUT2D eigenvalue weighted by Crippen LogP contribution is -2.13. The third kappa shape index (κ3) is 14.0. The van der Waals surface area contributed by atoms with Crippen molar-refractivity contribution in [3.8, 4) is 0 Å². The molecule has 0 saturated heterocycles. The van der Waals surface area contributed by atoms with Gasteiger partial charge in [-0.15, -0.1) is 0 Å². The van der Waals surface area contributed by atoms with E-state index in [1.54, 1.807) is 0 Å². The molecule has 0 aliphatic rings. The van der Waals surface area contributed by atoms with E-state index in [0.717, 1.165) is 77.0 Å². The summed E-state index contributed by atoms with van der Waals surface area (Å²) in [5.41, 5.74) is 0.450. The van der Waals surface area contributed by atoms with Crippen molar-refractivity contribution in [2.75, 3.05) is 13.2 Å². The predicted molar refractivity (Wildman–Crippen MR) is 102 cm³/mol. The van der Waals surface area contributed by atoms with Gasteiger partial charge in [-0.3, -0.25) is 4.79 Å². The van der Waals surface area contributed by atoms with Crippen molar-refractivity contribution < 1.29 is 15.0 Å². The van der Waals surface area contributed by atoms with Crippen LogP contribution in [0.25, 0.3) is 0 Å². The van der Waals surface area contributed by atoms with Crippen molar-refractivity contribution in [1.29, 1.82) is 0 Å². The lowest BCUT2D eigenvalue weighted by atomic mass is 9.83. The predicted octanol–water partition coefficient (Wildman–Crippen LogP) is 5.27. The number of carbonyl (C=O) groups is 1. The van der Waals surface area contributed by atoms with Gasteiger partial charge in [-0.25, -0.2) is 0 Å². The number of ketones is 1. The van der Waals surface area contributed by atoms with Crippen LogP contribution in [0.2, 0.25) is 0 Å². The summed E-state index contributed by atoms with van der Waals surface area (Å²) in [6, 6.07) is 0. The number of aliphatic hydroxyl groups excluding tert-OH is 2. The Labute approximate surface area is 150 Å². The molecular weight excluding hydrogens is 300 g/mol. The normalized spacial score (nSPS) is 12.6. The minimum atomic E-state index is 0.225. The number of Topliss-reactive ketones (excluding diaryl/α,β-unsaturated/α-hetero) is 1. The van der Waals surface area contributed by atoms with Crippen LogP contribution in [-0.2, 0) is 4.79 Å². The van der Waals surface area contributed by atoms with Crippen molar-refractivity contribution in [3.63, 3.8) is 0 Å². The van der Waals surface area contributed by atoms with Gasteiger partial charge in [-0.2, -0.15) is 0 Å². The summed E-state index contributed by atoms with van der Waals surface area (Å²) in [6.07, 6.45) is 12.0. The number of hydrogen-bond acceptors (Lipinski definition) is 3. The van der Waals surface area contributed by atoms with Gasteiger partial charge in [0.15, 0.2) is 0 Å². The number of rotatable bonds is 16. The Morgan fingerprint density at radius 3 is 1.33 bits per heavy atom. The summed E-state index contributed by atoms with van der Waals surface area (Å²) in [6.45, 7) is 9.35. The average Bonchev–Trinajstić information content (AvgIpc) is 2.46. The molecule has 0 unspecified atom stereocenters. The zero-order valence-corrected chi connectivity index (χ0v) is 16.7. The Kier molecular flexibility index (Phi) is 12.7. The Hall–Kier alpha value is -0.410. The van der Waals surface area contributed by atoms with Gasteiger partial charge >= 0.3 is 0 Å². The van der Waals surface area contributed by atoms with Crippen LogP contribution in [0.4, 0.5) is 0 Å². The summed E-state index contributed by atoms with van der Waals surface area (Å²) in [7, 11) is 0. The fourth-order valence-corrected chi connectivity index (χ4v) is 3.19. The van der Waals surface area contributed by atoms with Crippen LogP contribution in [0.1, 0.15) is 105 Å². The summed E-state index contributed by atoms with van der Waals surface area (Å²) >= 11 is 0. The summed E-state index contributed by atoms with van der Waals surface area (Å²) < 4.78 is 0. The number of unbranched alkanes of at least 4 members (excludes halogenated alkanes) is 4. The van der Waals surface area contributed by atoms with Gasteiger partial charge in [0.05, 0.1) is 0 Å². The SMILES string of the molecule is CC(C)(CCO)CCCCCC(=O)CCCCCC(C)(C)CCO. The molecule has 3 heteroatoms. The van der Waals surface area contributed by atoms with Crippen molar-refractivity contribution in [2.45, 2.75) is 105 Å². The molecule has 0 aromatic rings. The molecule has 0 bridgehead atoms. The standard InChI is InChI=1S/C21H42O3/c1-20(2,15-17-22)13-9-5-7-11-19(24)12-8-6-10-14-21(3,4)16-18-23/h22-23H,5-18H2,1-4H3. The summed E-state index contributed by atoms with van der Waals surface area (Å²) in [5.74, 6) is 0.416. The Morgan fingerprint density at radius 1 is 0.625 bits per heavy atom. The van der Waals surface area contributed by atoms with Crippen LogP contribution in [0.3, 0.4) is 0 Å². The number of aliphatic hydroxyl groups is 2. The molecule has 0 aromatic heterocycles. The van der Waals surface area contributed by atoms with Crippen molar-refractivity contribution in [2.24, 2.45) is 10.8 Å². The van der Waals surface area contributed by atoms with Gasteiger partial charge in [0.25, 0.3) is 0 Å². The van der Waals surface area contributed by atoms with Crippen molar-refractivity contribution >= 4 is 5.78 Å². The first-order valence-electron chi connectivity index (χ1n) is 9.96. The first-order valence-corrected chi connectivity index (χ1v) is 9.96. The van der Waals surface area contributed by atoms with E-state index in [0.29, 0.717) is 5.78 Å². The molecule has 2 N–H and O–H groups in total. The molecule has 0 heterocycles. The van der Waals surface area contributed by atoms with Gasteiger partial charge in [0, 0.05) is 26.1 Å². The average molecular weight is 343 g/mol. The van der Waals surface area contributed by atoms with E-state index in [2.05, 4.69) is 27.7 Å². The minimum Gasteiger partial charge on any atom is -0.396 e. The molecule has 0 fully saturated rings. The van der Waals surface area contributed by atoms with E-state index in [4.69, 9.17) is 10.2 Å². The van der Waals surface area contributed by atoms with Crippen LogP contribution >= 0.6 is 0 Å². The zero-order chi connectivity index (χ0) is 18.5. The second-order valence-corrected chi connectivity index (χ2v) is 8.94. The van der Waals surface area contributed by atoms with E-state index in [1.165, 1.54) is 0 Å². The molecule has 0 radical (unpaired) electrons. The third-order valence-electron chi connectivity index (χ3n) is 5.20. The smallest absolute Gasteiger partial charge is 0.132 e. The molecule has 0 rings (SSSR count). The van der Waals surface area contributed by atoms with Gasteiger partial charge in [-0.1, -0.05) is 53.4 Å². The number of hydrogen-bond donors (Lipinski definition) is 2. The lowest BCUT2D eigenvalue weighted by molar-refractivity contribution is -0.119. The third-order valence-corrected chi connectivity index (χ3v) is 5.20. The molecular formula is C21H42O3. The highest BCUT2D eigenvalue weighted by molar-refractivity contribution is 5.78. The van der Waals surface area contributed by atoms with Crippen molar-refractivity contribution in [3.05, 3.63) is 0 Å². The molecule has 24 heavy (non-hydrogen) atoms. The molecule has 0 spiro atoms. The molecule has 0 saturated carbocycles. The van der Waals surface area contributed by atoms with Gasteiger partial charge < -0.3 is 10.2 Å². The highest BCUT2D eigenvalue weighted by atomic mass is 16.3. The van der Waals surface area contributed by atoms with Crippen LogP contribution < -0.4 is 0 Å². The van der Waals surface area contributed by atoms with Crippen LogP contribution in [0, 0.1) is 10.8 Å². The lowest BCUT2D eigenvalue weighted by Gasteiger charge is -2.23. The molecule has 0 aromatic carbocycles. The van der Waals surface area contributed by atoms with E-state index >= 15 is 0 Å². The second-order valence-electron chi connectivity index (χ2n) is 8.94. The Bertz CT molecular complexity index is 291. The molecule has 144 valence electrons. The quantitative estimate of drug-likeness (QED) is 0.375. The largest absolute Gasteiger partial charge is 0.396 e. The maximum atomic E-state index is 11.9. The maximum absolute atomic E-state index is 11.9. The number of carbonyl (C=O) groups excluding carboxylic acids is 1. The topological polar surface area (TPSA) is 57.5 Å². The minimum absolute atomic E-state index is 0.225. The maximum Gasteiger partial charge on any atom is 0.132 e. The molecule has 0 aliphatic heterocycles. The summed E-state index contributed by atoms with van der Waals surface area (Å²) in [5, 5.41) is 18.0. The monoisotopic (exact) mass is 342 g/mol. The first-order chi connectivity index (χ1) is 11.2. The van der Waals surface area contributed by atoms with Crippen LogP contribution in [-0.4, -0.2) is 29.2 Å². The van der Waals surface area contributed by atoms with E-state index < -0.39 is 0 Å². The highest BCUT2D eigenvalue weighted by Crippen LogP contribution is 2.28. The second kappa shape index (κ2) is 12.9. The van der Waals surface area contributed by atoms with Gasteiger partial charge in [0.2, 0.25) is 0 Å². The fourth-order valence-electron chi connectivity index (χ4n) is 3.19. The first kappa shape index (κ1) is 23.6. The molecule has 0 aliphatic carbocycles. The van der Waals surface area contributed by atoms with Gasteiger partial charge in [-0.05, 0) is 49.4 Å². The fraction of sp³-hybridized carbons (Fsp3) is 0.952. The van der Waals surface area contributed by atoms with E-state index in [9.17, 15) is 4.79 Å². The van der Waals surface area contributed by atoms with Crippen LogP contribution in [0.5, 0.6) is 0 Å². The van der Waals surface area contributed by atoms with E-state index in [1.807, 2.05) is 0 Å². The van der Waals surface area contributed by atoms with Gasteiger partial charge in [0.1, 0.15) is 5.78 Å².